The van der Waals surface area contributed by atoms with Gasteiger partial charge in [0, 0.05) is 41.8 Å². The van der Waals surface area contributed by atoms with Crippen LogP contribution in [0.1, 0.15) is 23.2 Å². The van der Waals surface area contributed by atoms with Gasteiger partial charge >= 0.3 is 5.69 Å². The first kappa shape index (κ1) is 19.4. The standard InChI is InChI=1S/C21H17F2N5O2/c1-12-16(8-18(27-26-12)17-9-24-21(30)25-20(17)29)15-5-6-28(11-15)10-13-3-2-4-14(7-13)19(22)23/h2-9,11,19H,10H2,1H3,(H2,24,25,29,30). The van der Waals surface area contributed by atoms with Crippen LogP contribution in [0.25, 0.3) is 22.4 Å². The van der Waals surface area contributed by atoms with Gasteiger partial charge in [0.1, 0.15) is 5.69 Å². The first-order valence-corrected chi connectivity index (χ1v) is 9.10. The average Bonchev–Trinajstić information content (AvgIpc) is 3.17. The summed E-state index contributed by atoms with van der Waals surface area (Å²) in [6.07, 6.45) is 2.51. The maximum absolute atomic E-state index is 12.9. The van der Waals surface area contributed by atoms with E-state index in [0.717, 1.165) is 16.7 Å². The van der Waals surface area contributed by atoms with E-state index in [-0.39, 0.29) is 11.1 Å². The van der Waals surface area contributed by atoms with Gasteiger partial charge in [0.2, 0.25) is 0 Å². The molecule has 0 bridgehead atoms. The van der Waals surface area contributed by atoms with Crippen molar-refractivity contribution in [1.29, 1.82) is 0 Å². The molecule has 0 unspecified atom stereocenters. The summed E-state index contributed by atoms with van der Waals surface area (Å²) in [5.74, 6) is 0. The van der Waals surface area contributed by atoms with Gasteiger partial charge in [-0.25, -0.2) is 13.6 Å². The molecular formula is C21H17F2N5O2. The average molecular weight is 409 g/mol. The fourth-order valence-electron chi connectivity index (χ4n) is 3.21. The third-order valence-electron chi connectivity index (χ3n) is 4.70. The van der Waals surface area contributed by atoms with Crippen molar-refractivity contribution in [1.82, 2.24) is 24.7 Å². The highest BCUT2D eigenvalue weighted by molar-refractivity contribution is 5.70. The maximum Gasteiger partial charge on any atom is 0.325 e. The van der Waals surface area contributed by atoms with Crippen molar-refractivity contribution >= 4 is 0 Å². The number of hydrogen-bond donors (Lipinski definition) is 2. The topological polar surface area (TPSA) is 96.4 Å². The van der Waals surface area contributed by atoms with Gasteiger partial charge in [-0.2, -0.15) is 5.10 Å². The molecule has 0 aliphatic rings. The molecule has 1 aromatic carbocycles. The summed E-state index contributed by atoms with van der Waals surface area (Å²) in [6.45, 7) is 2.23. The fourth-order valence-corrected chi connectivity index (χ4v) is 3.21. The van der Waals surface area contributed by atoms with Gasteiger partial charge in [0.15, 0.2) is 0 Å². The molecule has 30 heavy (non-hydrogen) atoms. The summed E-state index contributed by atoms with van der Waals surface area (Å²) in [5, 5.41) is 8.19. The van der Waals surface area contributed by atoms with Crippen LogP contribution in [0.15, 0.2) is 64.6 Å². The van der Waals surface area contributed by atoms with Crippen molar-refractivity contribution < 1.29 is 8.78 Å². The molecule has 0 radical (unpaired) electrons. The fraction of sp³-hybridized carbons (Fsp3) is 0.143. The monoisotopic (exact) mass is 409 g/mol. The first-order valence-electron chi connectivity index (χ1n) is 9.10. The van der Waals surface area contributed by atoms with Gasteiger partial charge in [-0.05, 0) is 30.7 Å². The summed E-state index contributed by atoms with van der Waals surface area (Å²) in [5.41, 5.74) is 2.40. The Hall–Kier alpha value is -3.88. The number of aromatic nitrogens is 5. The lowest BCUT2D eigenvalue weighted by atomic mass is 10.1. The molecule has 4 aromatic rings. The molecule has 0 atom stereocenters. The smallest absolute Gasteiger partial charge is 0.325 e. The van der Waals surface area contributed by atoms with Crippen LogP contribution in [0.4, 0.5) is 8.78 Å². The number of H-pyrrole nitrogens is 2. The molecule has 0 aliphatic carbocycles. The number of alkyl halides is 2. The molecule has 7 nitrogen and oxygen atoms in total. The Morgan fingerprint density at radius 2 is 1.93 bits per heavy atom. The molecule has 2 N–H and O–H groups in total. The molecule has 0 saturated heterocycles. The predicted octanol–water partition coefficient (Wildman–Crippen LogP) is 3.28. The number of nitrogens with one attached hydrogen (secondary N) is 2. The minimum atomic E-state index is -2.51. The lowest BCUT2D eigenvalue weighted by molar-refractivity contribution is 0.151. The van der Waals surface area contributed by atoms with Crippen LogP contribution in [0.5, 0.6) is 0 Å². The molecule has 0 amide bonds. The predicted molar refractivity (Wildman–Crippen MR) is 107 cm³/mol. The van der Waals surface area contributed by atoms with Gasteiger partial charge in [0.05, 0.1) is 11.3 Å². The molecule has 3 aromatic heterocycles. The highest BCUT2D eigenvalue weighted by atomic mass is 19.3. The van der Waals surface area contributed by atoms with E-state index in [4.69, 9.17) is 0 Å². The summed E-state index contributed by atoms with van der Waals surface area (Å²) in [4.78, 5) is 27.9. The van der Waals surface area contributed by atoms with E-state index in [9.17, 15) is 18.4 Å². The van der Waals surface area contributed by atoms with Crippen LogP contribution < -0.4 is 11.2 Å². The van der Waals surface area contributed by atoms with E-state index in [2.05, 4.69) is 20.2 Å². The second-order valence-electron chi connectivity index (χ2n) is 6.83. The molecule has 3 heterocycles. The Labute approximate surface area is 169 Å². The zero-order chi connectivity index (χ0) is 21.3. The second kappa shape index (κ2) is 7.86. The van der Waals surface area contributed by atoms with Gasteiger partial charge in [-0.3, -0.25) is 9.78 Å². The summed E-state index contributed by atoms with van der Waals surface area (Å²) < 4.78 is 27.7. The van der Waals surface area contributed by atoms with Crippen LogP contribution in [0.3, 0.4) is 0 Å². The minimum Gasteiger partial charge on any atom is -0.349 e. The SMILES string of the molecule is Cc1nnc(-c2c[nH]c(=O)[nH]c2=O)cc1-c1ccn(Cc2cccc(C(F)F)c2)c1. The summed E-state index contributed by atoms with van der Waals surface area (Å²) in [6, 6.07) is 9.91. The quantitative estimate of drug-likeness (QED) is 0.529. The van der Waals surface area contributed by atoms with Crippen LogP contribution in [0.2, 0.25) is 0 Å². The molecule has 0 aliphatic heterocycles. The molecule has 152 valence electrons. The minimum absolute atomic E-state index is 0.00942. The van der Waals surface area contributed by atoms with Crippen molar-refractivity contribution in [3.63, 3.8) is 0 Å². The number of rotatable bonds is 5. The maximum atomic E-state index is 12.9. The van der Waals surface area contributed by atoms with E-state index < -0.39 is 17.7 Å². The van der Waals surface area contributed by atoms with Crippen molar-refractivity contribution in [2.75, 3.05) is 0 Å². The van der Waals surface area contributed by atoms with Crippen molar-refractivity contribution in [3.05, 3.63) is 92.6 Å². The molecule has 4 rings (SSSR count). The summed E-state index contributed by atoms with van der Waals surface area (Å²) >= 11 is 0. The van der Waals surface area contributed by atoms with E-state index in [1.807, 2.05) is 23.0 Å². The number of aromatic amines is 2. The van der Waals surface area contributed by atoms with Crippen LogP contribution in [-0.4, -0.2) is 24.7 Å². The number of aryl methyl sites for hydroxylation is 1. The van der Waals surface area contributed by atoms with Gasteiger partial charge < -0.3 is 9.55 Å². The number of benzene rings is 1. The van der Waals surface area contributed by atoms with Gasteiger partial charge in [-0.15, -0.1) is 5.10 Å². The summed E-state index contributed by atoms with van der Waals surface area (Å²) in [7, 11) is 0. The van der Waals surface area contributed by atoms with Crippen LogP contribution >= 0.6 is 0 Å². The highest BCUT2D eigenvalue weighted by Gasteiger charge is 2.12. The van der Waals surface area contributed by atoms with Crippen LogP contribution in [-0.2, 0) is 6.54 Å². The number of hydrogen-bond acceptors (Lipinski definition) is 4. The van der Waals surface area contributed by atoms with E-state index in [1.165, 1.54) is 18.3 Å². The zero-order valence-electron chi connectivity index (χ0n) is 15.9. The Kier molecular flexibility index (Phi) is 5.09. The molecular weight excluding hydrogens is 392 g/mol. The lowest BCUT2D eigenvalue weighted by Gasteiger charge is -2.07. The Morgan fingerprint density at radius 3 is 2.70 bits per heavy atom. The first-order chi connectivity index (χ1) is 14.4. The third-order valence-corrected chi connectivity index (χ3v) is 4.70. The Morgan fingerprint density at radius 1 is 1.10 bits per heavy atom. The molecule has 0 spiro atoms. The zero-order valence-corrected chi connectivity index (χ0v) is 15.9. The van der Waals surface area contributed by atoms with Crippen molar-refractivity contribution in [2.24, 2.45) is 0 Å². The number of halogens is 2. The molecule has 0 fully saturated rings. The highest BCUT2D eigenvalue weighted by Crippen LogP contribution is 2.26. The van der Waals surface area contributed by atoms with Gasteiger partial charge in [0.25, 0.3) is 12.0 Å². The van der Waals surface area contributed by atoms with E-state index >= 15 is 0 Å². The largest absolute Gasteiger partial charge is 0.349 e. The second-order valence-corrected chi connectivity index (χ2v) is 6.83. The lowest BCUT2D eigenvalue weighted by Crippen LogP contribution is -2.22. The Balaban J connectivity index is 1.65. The van der Waals surface area contributed by atoms with Crippen LogP contribution in [0, 0.1) is 6.92 Å². The molecule has 9 heteroatoms. The third kappa shape index (κ3) is 3.95. The van der Waals surface area contributed by atoms with E-state index in [1.54, 1.807) is 25.1 Å². The van der Waals surface area contributed by atoms with Crippen molar-refractivity contribution in [3.8, 4) is 22.4 Å². The number of nitrogens with zero attached hydrogens (tertiary/aromatic N) is 3. The van der Waals surface area contributed by atoms with E-state index in [0.29, 0.717) is 17.9 Å². The van der Waals surface area contributed by atoms with Crippen molar-refractivity contribution in [2.45, 2.75) is 19.9 Å². The van der Waals surface area contributed by atoms with Gasteiger partial charge in [-0.1, -0.05) is 18.2 Å². The Bertz CT molecular complexity index is 1320. The normalized spacial score (nSPS) is 11.2. The molecule has 0 saturated carbocycles.